The lowest BCUT2D eigenvalue weighted by atomic mass is 9.97. The number of anilines is 1. The highest BCUT2D eigenvalue weighted by atomic mass is 16.2. The Labute approximate surface area is 189 Å². The normalized spacial score (nSPS) is 15.2. The number of fused-ring (bicyclic) bond motifs is 1. The number of benzene rings is 2. The fourth-order valence-electron chi connectivity index (χ4n) is 4.32. The highest BCUT2D eigenvalue weighted by molar-refractivity contribution is 6.05. The molecule has 1 amide bonds. The largest absolute Gasteiger partial charge is 0.368 e. The van der Waals surface area contributed by atoms with Crippen LogP contribution in [0.3, 0.4) is 0 Å². The minimum atomic E-state index is -0.114. The SMILES string of the molecule is CCN(CC)C(=O)c1nc(N)nc2ccc(-c3ccccc3CN3CCN(C)CC3)cc12. The topological polar surface area (TPSA) is 78.6 Å². The maximum atomic E-state index is 13.1. The Morgan fingerprint density at radius 2 is 1.75 bits per heavy atom. The van der Waals surface area contributed by atoms with E-state index < -0.39 is 0 Å². The van der Waals surface area contributed by atoms with Gasteiger partial charge >= 0.3 is 0 Å². The maximum absolute atomic E-state index is 13.1. The molecule has 1 aromatic heterocycles. The summed E-state index contributed by atoms with van der Waals surface area (Å²) in [4.78, 5) is 28.5. The summed E-state index contributed by atoms with van der Waals surface area (Å²) in [6, 6.07) is 14.5. The number of carbonyl (C=O) groups excluding carboxylic acids is 1. The van der Waals surface area contributed by atoms with Gasteiger partial charge in [-0.1, -0.05) is 30.3 Å². The molecule has 1 aliphatic rings. The molecule has 32 heavy (non-hydrogen) atoms. The number of carbonyl (C=O) groups is 1. The zero-order chi connectivity index (χ0) is 22.7. The molecule has 0 aliphatic carbocycles. The van der Waals surface area contributed by atoms with E-state index in [2.05, 4.69) is 57.1 Å². The Balaban J connectivity index is 1.74. The van der Waals surface area contributed by atoms with Gasteiger partial charge in [0, 0.05) is 51.2 Å². The van der Waals surface area contributed by atoms with Gasteiger partial charge in [0.2, 0.25) is 5.95 Å². The summed E-state index contributed by atoms with van der Waals surface area (Å²) in [7, 11) is 2.17. The van der Waals surface area contributed by atoms with Gasteiger partial charge in [0.25, 0.3) is 5.91 Å². The molecular weight excluding hydrogens is 400 g/mol. The van der Waals surface area contributed by atoms with E-state index in [0.717, 1.165) is 43.7 Å². The van der Waals surface area contributed by atoms with Crippen molar-refractivity contribution in [2.45, 2.75) is 20.4 Å². The van der Waals surface area contributed by atoms with Gasteiger partial charge in [-0.15, -0.1) is 0 Å². The van der Waals surface area contributed by atoms with Crippen LogP contribution in [0.25, 0.3) is 22.0 Å². The maximum Gasteiger partial charge on any atom is 0.273 e. The summed E-state index contributed by atoms with van der Waals surface area (Å²) >= 11 is 0. The van der Waals surface area contributed by atoms with E-state index in [1.165, 1.54) is 11.1 Å². The van der Waals surface area contributed by atoms with Crippen LogP contribution < -0.4 is 5.73 Å². The molecule has 0 bridgehead atoms. The van der Waals surface area contributed by atoms with Crippen LogP contribution in [0.1, 0.15) is 29.9 Å². The molecule has 1 aliphatic heterocycles. The average Bonchev–Trinajstić information content (AvgIpc) is 2.81. The van der Waals surface area contributed by atoms with E-state index in [0.29, 0.717) is 24.3 Å². The van der Waals surface area contributed by atoms with Gasteiger partial charge in [-0.05, 0) is 49.7 Å². The highest BCUT2D eigenvalue weighted by Crippen LogP contribution is 2.29. The summed E-state index contributed by atoms with van der Waals surface area (Å²) in [6.07, 6.45) is 0. The van der Waals surface area contributed by atoms with Gasteiger partial charge < -0.3 is 15.5 Å². The molecule has 2 aromatic carbocycles. The Morgan fingerprint density at radius 1 is 1.03 bits per heavy atom. The molecule has 168 valence electrons. The second-order valence-corrected chi connectivity index (χ2v) is 8.38. The number of aromatic nitrogens is 2. The second-order valence-electron chi connectivity index (χ2n) is 8.38. The van der Waals surface area contributed by atoms with Crippen molar-refractivity contribution in [2.24, 2.45) is 0 Å². The lowest BCUT2D eigenvalue weighted by Gasteiger charge is -2.32. The zero-order valence-electron chi connectivity index (χ0n) is 19.2. The van der Waals surface area contributed by atoms with E-state index in [1.807, 2.05) is 26.0 Å². The average molecular weight is 433 g/mol. The van der Waals surface area contributed by atoms with E-state index in [-0.39, 0.29) is 11.9 Å². The molecule has 0 unspecified atom stereocenters. The molecule has 3 aromatic rings. The van der Waals surface area contributed by atoms with Crippen molar-refractivity contribution in [3.8, 4) is 11.1 Å². The van der Waals surface area contributed by atoms with Crippen LogP contribution >= 0.6 is 0 Å². The third-order valence-corrected chi connectivity index (χ3v) is 6.28. The van der Waals surface area contributed by atoms with Crippen molar-refractivity contribution in [2.75, 3.05) is 52.0 Å². The number of rotatable bonds is 6. The van der Waals surface area contributed by atoms with E-state index >= 15 is 0 Å². The Hall–Kier alpha value is -3.03. The summed E-state index contributed by atoms with van der Waals surface area (Å²) in [5.74, 6) is 0.00759. The molecule has 1 saturated heterocycles. The first-order chi connectivity index (χ1) is 15.5. The molecule has 1 fully saturated rings. The number of piperazine rings is 1. The van der Waals surface area contributed by atoms with E-state index in [1.54, 1.807) is 4.90 Å². The first-order valence-electron chi connectivity index (χ1n) is 11.4. The van der Waals surface area contributed by atoms with Crippen LogP contribution in [0.5, 0.6) is 0 Å². The zero-order valence-corrected chi connectivity index (χ0v) is 19.2. The molecule has 2 heterocycles. The monoisotopic (exact) mass is 432 g/mol. The van der Waals surface area contributed by atoms with Gasteiger partial charge in [-0.2, -0.15) is 0 Å². The third-order valence-electron chi connectivity index (χ3n) is 6.28. The van der Waals surface area contributed by atoms with Crippen LogP contribution in [0.2, 0.25) is 0 Å². The number of amides is 1. The smallest absolute Gasteiger partial charge is 0.273 e. The molecular formula is C25H32N6O. The van der Waals surface area contributed by atoms with Gasteiger partial charge in [-0.25, -0.2) is 9.97 Å². The molecule has 2 N–H and O–H groups in total. The van der Waals surface area contributed by atoms with Crippen molar-refractivity contribution in [1.29, 1.82) is 0 Å². The lowest BCUT2D eigenvalue weighted by Crippen LogP contribution is -2.43. The van der Waals surface area contributed by atoms with Crippen LogP contribution in [0, 0.1) is 0 Å². The summed E-state index contributed by atoms with van der Waals surface area (Å²) in [5, 5.41) is 0.739. The fraction of sp³-hybridized carbons (Fsp3) is 0.400. The van der Waals surface area contributed by atoms with Crippen molar-refractivity contribution in [1.82, 2.24) is 24.7 Å². The van der Waals surface area contributed by atoms with Gasteiger partial charge in [0.05, 0.1) is 5.52 Å². The number of nitrogens with zero attached hydrogens (tertiary/aromatic N) is 5. The van der Waals surface area contributed by atoms with Crippen LogP contribution in [0.15, 0.2) is 42.5 Å². The molecule has 0 atom stereocenters. The first kappa shape index (κ1) is 22.2. The van der Waals surface area contributed by atoms with Crippen molar-refractivity contribution in [3.05, 3.63) is 53.7 Å². The second kappa shape index (κ2) is 9.63. The molecule has 0 saturated carbocycles. The number of hydrogen-bond donors (Lipinski definition) is 1. The van der Waals surface area contributed by atoms with Gasteiger partial charge in [0.1, 0.15) is 5.69 Å². The third kappa shape index (κ3) is 4.59. The Morgan fingerprint density at radius 3 is 2.47 bits per heavy atom. The summed E-state index contributed by atoms with van der Waals surface area (Å²) < 4.78 is 0. The Kier molecular flexibility index (Phi) is 6.67. The molecule has 0 spiro atoms. The van der Waals surface area contributed by atoms with Gasteiger partial charge in [-0.3, -0.25) is 9.69 Å². The predicted octanol–water partition coefficient (Wildman–Crippen LogP) is 3.11. The molecule has 0 radical (unpaired) electrons. The number of nitrogens with two attached hydrogens (primary N) is 1. The summed E-state index contributed by atoms with van der Waals surface area (Å²) in [6.45, 7) is 10.4. The molecule has 4 rings (SSSR count). The van der Waals surface area contributed by atoms with E-state index in [9.17, 15) is 4.79 Å². The molecule has 7 nitrogen and oxygen atoms in total. The minimum Gasteiger partial charge on any atom is -0.368 e. The van der Waals surface area contributed by atoms with Crippen LogP contribution in [0.4, 0.5) is 5.95 Å². The number of likely N-dealkylation sites (N-methyl/N-ethyl adjacent to an activating group) is 1. The Bertz CT molecular complexity index is 1100. The first-order valence-corrected chi connectivity index (χ1v) is 11.4. The minimum absolute atomic E-state index is 0.114. The highest BCUT2D eigenvalue weighted by Gasteiger charge is 2.20. The number of nitrogen functional groups attached to an aromatic ring is 1. The number of hydrogen-bond acceptors (Lipinski definition) is 6. The summed E-state index contributed by atoms with van der Waals surface area (Å²) in [5.41, 5.74) is 10.5. The standard InChI is InChI=1S/C25H32N6O/c1-4-31(5-2)24(32)23-21-16-18(10-11-22(21)27-25(26)28-23)20-9-7-6-8-19(20)17-30-14-12-29(3)13-15-30/h6-11,16H,4-5,12-15,17H2,1-3H3,(H2,26,27,28). The van der Waals surface area contributed by atoms with Crippen LogP contribution in [-0.4, -0.2) is 76.9 Å². The van der Waals surface area contributed by atoms with Gasteiger partial charge in [0.15, 0.2) is 0 Å². The van der Waals surface area contributed by atoms with Crippen molar-refractivity contribution >= 4 is 22.8 Å². The quantitative estimate of drug-likeness (QED) is 0.645. The molecule has 7 heteroatoms. The van der Waals surface area contributed by atoms with Crippen LogP contribution in [-0.2, 0) is 6.54 Å². The predicted molar refractivity (Wildman–Crippen MR) is 129 cm³/mol. The van der Waals surface area contributed by atoms with Crippen molar-refractivity contribution in [3.63, 3.8) is 0 Å². The lowest BCUT2D eigenvalue weighted by molar-refractivity contribution is 0.0769. The van der Waals surface area contributed by atoms with Crippen molar-refractivity contribution < 1.29 is 4.79 Å². The fourth-order valence-corrected chi connectivity index (χ4v) is 4.32. The van der Waals surface area contributed by atoms with E-state index in [4.69, 9.17) is 5.73 Å².